The van der Waals surface area contributed by atoms with Crippen LogP contribution in [0.2, 0.25) is 0 Å². The molecule has 1 aliphatic carbocycles. The second kappa shape index (κ2) is 8.68. The fourth-order valence-electron chi connectivity index (χ4n) is 4.41. The number of rotatable bonds is 12. The molecule has 5 heteroatoms. The van der Waals surface area contributed by atoms with E-state index in [9.17, 15) is 0 Å². The third kappa shape index (κ3) is 4.28. The monoisotopic (exact) mass is 452 g/mol. The van der Waals surface area contributed by atoms with Crippen LogP contribution >= 0.6 is 7.28 Å². The number of hydrogen-bond donors (Lipinski definition) is 0. The summed E-state index contributed by atoms with van der Waals surface area (Å²) in [5.74, 6) is 0. The van der Waals surface area contributed by atoms with Gasteiger partial charge in [0.1, 0.15) is 0 Å². The molecule has 0 aromatic carbocycles. The molecule has 0 atom stereocenters. The summed E-state index contributed by atoms with van der Waals surface area (Å²) in [6.45, 7) is 2.29. The van der Waals surface area contributed by atoms with E-state index >= 15 is 0 Å². The first-order valence-corrected chi connectivity index (χ1v) is 15.6. The Kier molecular flexibility index (Phi) is 7.13. The summed E-state index contributed by atoms with van der Waals surface area (Å²) >= 11 is -1.97. The molecule has 3 saturated heterocycles. The van der Waals surface area contributed by atoms with E-state index in [4.69, 9.17) is 8.41 Å². The minimum absolute atomic E-state index is 0.641. The van der Waals surface area contributed by atoms with Crippen molar-refractivity contribution in [2.24, 2.45) is 0 Å². The first-order chi connectivity index (χ1) is 11.3. The van der Waals surface area contributed by atoms with Crippen molar-refractivity contribution in [2.45, 2.75) is 109 Å². The SMILES string of the molecule is CCCCCCCCCCCCP12(C3CCCCC3)[O][Sb]([O]1)[O]2. The molecule has 1 saturated carbocycles. The van der Waals surface area contributed by atoms with Gasteiger partial charge in [0.2, 0.25) is 0 Å². The molecule has 0 radical (unpaired) electrons. The van der Waals surface area contributed by atoms with Crippen molar-refractivity contribution in [1.29, 1.82) is 0 Å². The molecule has 4 rings (SSSR count). The molecular weight excluding hydrogens is 417 g/mol. The summed E-state index contributed by atoms with van der Waals surface area (Å²) in [7, 11) is -2.49. The molecule has 23 heavy (non-hydrogen) atoms. The molecular formula is C18H36O3PSb. The Labute approximate surface area is 152 Å². The Hall–Kier alpha value is 1.13. The topological polar surface area (TPSA) is 27.7 Å². The predicted octanol–water partition coefficient (Wildman–Crippen LogP) is 6.60. The average Bonchev–Trinajstić information content (AvgIpc) is 2.51. The zero-order chi connectivity index (χ0) is 16.0. The first kappa shape index (κ1) is 18.9. The van der Waals surface area contributed by atoms with E-state index in [1.54, 1.807) is 0 Å². The van der Waals surface area contributed by atoms with Crippen molar-refractivity contribution in [1.82, 2.24) is 0 Å². The number of unbranched alkanes of at least 4 members (excludes halogenated alkanes) is 9. The van der Waals surface area contributed by atoms with Gasteiger partial charge in [-0.05, 0) is 0 Å². The van der Waals surface area contributed by atoms with Crippen LogP contribution in [0.15, 0.2) is 0 Å². The van der Waals surface area contributed by atoms with Gasteiger partial charge in [-0.15, -0.1) is 0 Å². The Bertz CT molecular complexity index is 354. The molecule has 0 N–H and O–H groups in total. The van der Waals surface area contributed by atoms with Gasteiger partial charge in [0, 0.05) is 0 Å². The van der Waals surface area contributed by atoms with Gasteiger partial charge in [-0.25, -0.2) is 0 Å². The van der Waals surface area contributed by atoms with Crippen molar-refractivity contribution >= 4 is 28.8 Å². The van der Waals surface area contributed by atoms with Gasteiger partial charge in [-0.1, -0.05) is 0 Å². The molecule has 3 aliphatic heterocycles. The average molecular weight is 453 g/mol. The van der Waals surface area contributed by atoms with Crippen LogP contribution in [-0.4, -0.2) is 33.3 Å². The third-order valence-corrected chi connectivity index (χ3v) is 22.6. The fraction of sp³-hybridized carbons (Fsp3) is 1.00. The van der Waals surface area contributed by atoms with E-state index in [-0.39, 0.29) is 0 Å². The van der Waals surface area contributed by atoms with Crippen LogP contribution in [0.4, 0.5) is 0 Å². The van der Waals surface area contributed by atoms with Crippen LogP contribution in [0.5, 0.6) is 0 Å². The molecule has 4 fully saturated rings. The Morgan fingerprint density at radius 3 is 1.74 bits per heavy atom. The minimum atomic E-state index is -2.49. The van der Waals surface area contributed by atoms with Crippen LogP contribution in [0.25, 0.3) is 0 Å². The summed E-state index contributed by atoms with van der Waals surface area (Å²) in [5.41, 5.74) is 0.641. The summed E-state index contributed by atoms with van der Waals surface area (Å²) in [6, 6.07) is 0. The van der Waals surface area contributed by atoms with Gasteiger partial charge in [0.25, 0.3) is 0 Å². The van der Waals surface area contributed by atoms with Crippen molar-refractivity contribution in [3.05, 3.63) is 0 Å². The van der Waals surface area contributed by atoms with Gasteiger partial charge >= 0.3 is 152 Å². The van der Waals surface area contributed by atoms with Crippen LogP contribution in [0.3, 0.4) is 0 Å². The van der Waals surface area contributed by atoms with Crippen molar-refractivity contribution < 1.29 is 8.41 Å². The summed E-state index contributed by atoms with van der Waals surface area (Å²) in [6.07, 6.45) is 21.7. The zero-order valence-corrected chi connectivity index (χ0v) is 18.5. The molecule has 4 aliphatic rings. The van der Waals surface area contributed by atoms with Crippen LogP contribution in [0.1, 0.15) is 103 Å². The normalized spacial score (nSPS) is 27.6. The van der Waals surface area contributed by atoms with Crippen molar-refractivity contribution in [2.75, 3.05) is 6.16 Å². The molecule has 0 unspecified atom stereocenters. The molecule has 3 nitrogen and oxygen atoms in total. The van der Waals surface area contributed by atoms with E-state index in [1.807, 2.05) is 0 Å². The number of hydrogen-bond acceptors (Lipinski definition) is 3. The Morgan fingerprint density at radius 1 is 0.739 bits per heavy atom. The summed E-state index contributed by atoms with van der Waals surface area (Å²) < 4.78 is 18.9. The van der Waals surface area contributed by atoms with E-state index in [1.165, 1.54) is 96.3 Å². The van der Waals surface area contributed by atoms with E-state index in [2.05, 4.69) is 6.92 Å². The summed E-state index contributed by atoms with van der Waals surface area (Å²) in [5, 5.41) is 0. The quantitative estimate of drug-likeness (QED) is 0.189. The second-order valence-electron chi connectivity index (χ2n) is 7.78. The van der Waals surface area contributed by atoms with Crippen molar-refractivity contribution in [3.63, 3.8) is 0 Å². The molecule has 3 heterocycles. The van der Waals surface area contributed by atoms with Gasteiger partial charge in [-0.3, -0.25) is 0 Å². The van der Waals surface area contributed by atoms with E-state index in [0.29, 0.717) is 5.66 Å². The van der Waals surface area contributed by atoms with Crippen LogP contribution < -0.4 is 0 Å². The predicted molar refractivity (Wildman–Crippen MR) is 99.5 cm³/mol. The molecule has 0 amide bonds. The molecule has 0 aromatic heterocycles. The molecule has 2 bridgehead atoms. The zero-order valence-electron chi connectivity index (χ0n) is 15.0. The standard InChI is InChI=1S/C18H36O3P.Sb/c1-2-3-4-5-6-7-8-9-10-14-17-22(19,20,21)18-15-12-11-13-16-18;/h18H,2-17H2,1H3;/q-3;+3. The van der Waals surface area contributed by atoms with Crippen molar-refractivity contribution in [3.8, 4) is 0 Å². The van der Waals surface area contributed by atoms with Crippen LogP contribution in [0, 0.1) is 0 Å². The Balaban J connectivity index is 1.26. The van der Waals surface area contributed by atoms with Crippen LogP contribution in [-0.2, 0) is 8.41 Å². The Morgan fingerprint density at radius 2 is 1.26 bits per heavy atom. The maximum absolute atomic E-state index is 6.29. The molecule has 136 valence electrons. The van der Waals surface area contributed by atoms with Gasteiger partial charge < -0.3 is 0 Å². The van der Waals surface area contributed by atoms with E-state index in [0.717, 1.165) is 6.16 Å². The molecule has 0 aromatic rings. The van der Waals surface area contributed by atoms with Gasteiger partial charge in [0.15, 0.2) is 0 Å². The first-order valence-electron chi connectivity index (χ1n) is 10.2. The second-order valence-corrected chi connectivity index (χ2v) is 17.1. The van der Waals surface area contributed by atoms with Gasteiger partial charge in [-0.2, -0.15) is 0 Å². The van der Waals surface area contributed by atoms with E-state index < -0.39 is 28.8 Å². The third-order valence-electron chi connectivity index (χ3n) is 5.91. The summed E-state index contributed by atoms with van der Waals surface area (Å²) in [4.78, 5) is 0. The molecule has 0 spiro atoms. The van der Waals surface area contributed by atoms with Gasteiger partial charge in [0.05, 0.1) is 0 Å². The fourth-order valence-corrected chi connectivity index (χ4v) is 21.5. The maximum atomic E-state index is 6.29.